The van der Waals surface area contributed by atoms with Gasteiger partial charge in [-0.2, -0.15) is 0 Å². The molecule has 0 aromatic carbocycles. The van der Waals surface area contributed by atoms with Crippen molar-refractivity contribution in [3.05, 3.63) is 0 Å². The van der Waals surface area contributed by atoms with E-state index in [1.165, 1.54) is 12.8 Å². The van der Waals surface area contributed by atoms with Crippen LogP contribution >= 0.6 is 0 Å². The summed E-state index contributed by atoms with van der Waals surface area (Å²) >= 11 is 0. The van der Waals surface area contributed by atoms with E-state index in [0.717, 1.165) is 38.6 Å². The van der Waals surface area contributed by atoms with Crippen molar-refractivity contribution in [2.24, 2.45) is 5.92 Å². The van der Waals surface area contributed by atoms with Crippen molar-refractivity contribution in [3.63, 3.8) is 0 Å². The van der Waals surface area contributed by atoms with Gasteiger partial charge in [-0.25, -0.2) is 0 Å². The first-order valence-electron chi connectivity index (χ1n) is 7.67. The van der Waals surface area contributed by atoms with Crippen LogP contribution in [0.5, 0.6) is 0 Å². The van der Waals surface area contributed by atoms with Crippen LogP contribution in [0.1, 0.15) is 26.2 Å². The fourth-order valence-electron chi connectivity index (χ4n) is 2.77. The topological polar surface area (TPSA) is 47.0 Å². The lowest BCUT2D eigenvalue weighted by molar-refractivity contribution is -0.129. The van der Waals surface area contributed by atoms with Crippen molar-refractivity contribution in [2.45, 2.75) is 32.3 Å². The van der Waals surface area contributed by atoms with E-state index >= 15 is 0 Å². The van der Waals surface area contributed by atoms with Crippen molar-refractivity contribution < 1.29 is 9.90 Å². The number of piperidine rings is 1. The molecule has 0 aromatic heterocycles. The van der Waals surface area contributed by atoms with Gasteiger partial charge in [0, 0.05) is 40.2 Å². The highest BCUT2D eigenvalue weighted by Crippen LogP contribution is 2.18. The Kier molecular flexibility index (Phi) is 7.48. The number of nitrogens with zero attached hydrogens (tertiary/aromatic N) is 3. The number of carbonyl (C=O) groups excluding carboxylic acids is 1. The number of hydrogen-bond acceptors (Lipinski definition) is 4. The van der Waals surface area contributed by atoms with Gasteiger partial charge in [0.05, 0.1) is 6.10 Å². The second kappa shape index (κ2) is 8.60. The molecule has 0 unspecified atom stereocenters. The fourth-order valence-corrected chi connectivity index (χ4v) is 2.77. The summed E-state index contributed by atoms with van der Waals surface area (Å²) in [4.78, 5) is 17.8. The Morgan fingerprint density at radius 1 is 1.30 bits per heavy atom. The zero-order valence-electron chi connectivity index (χ0n) is 13.5. The maximum absolute atomic E-state index is 11.6. The monoisotopic (exact) mass is 285 g/mol. The first kappa shape index (κ1) is 17.4. The lowest BCUT2D eigenvalue weighted by Gasteiger charge is -2.34. The van der Waals surface area contributed by atoms with E-state index < -0.39 is 0 Å². The molecule has 1 atom stereocenters. The highest BCUT2D eigenvalue weighted by molar-refractivity contribution is 5.75. The minimum Gasteiger partial charge on any atom is -0.392 e. The van der Waals surface area contributed by atoms with Gasteiger partial charge in [0.25, 0.3) is 0 Å². The first-order valence-corrected chi connectivity index (χ1v) is 7.67. The van der Waals surface area contributed by atoms with Crippen LogP contribution in [-0.4, -0.2) is 85.7 Å². The molecule has 1 aliphatic heterocycles. The number of aliphatic hydroxyl groups is 1. The Morgan fingerprint density at radius 2 is 1.90 bits per heavy atom. The number of amides is 1. The van der Waals surface area contributed by atoms with Gasteiger partial charge < -0.3 is 19.8 Å². The second-order valence-corrected chi connectivity index (χ2v) is 6.39. The van der Waals surface area contributed by atoms with Crippen LogP contribution in [-0.2, 0) is 4.79 Å². The summed E-state index contributed by atoms with van der Waals surface area (Å²) in [6, 6.07) is 0. The molecule has 1 amide bonds. The van der Waals surface area contributed by atoms with Crippen molar-refractivity contribution in [1.29, 1.82) is 0 Å². The van der Waals surface area contributed by atoms with Gasteiger partial charge in [-0.3, -0.25) is 4.79 Å². The van der Waals surface area contributed by atoms with Crippen LogP contribution in [0.4, 0.5) is 0 Å². The van der Waals surface area contributed by atoms with Crippen LogP contribution < -0.4 is 0 Å². The molecule has 5 heteroatoms. The Balaban J connectivity index is 2.18. The molecule has 1 aliphatic rings. The fraction of sp³-hybridized carbons (Fsp3) is 0.933. The zero-order valence-corrected chi connectivity index (χ0v) is 13.5. The third-order valence-corrected chi connectivity index (χ3v) is 4.01. The Bertz CT molecular complexity index is 287. The molecule has 5 nitrogen and oxygen atoms in total. The predicted molar refractivity (Wildman–Crippen MR) is 81.7 cm³/mol. The number of carbonyl (C=O) groups is 1. The van der Waals surface area contributed by atoms with E-state index in [1.807, 2.05) is 6.92 Å². The highest BCUT2D eigenvalue weighted by Gasteiger charge is 2.21. The SMILES string of the molecule is C[C@H](O)CN1CCC(CN(C)CCC(=O)N(C)C)CC1. The maximum atomic E-state index is 11.6. The molecule has 0 aliphatic carbocycles. The maximum Gasteiger partial charge on any atom is 0.223 e. The molecule has 0 bridgehead atoms. The number of rotatable bonds is 7. The number of aliphatic hydroxyl groups excluding tert-OH is 1. The molecule has 1 N–H and O–H groups in total. The molecular formula is C15H31N3O2. The van der Waals surface area contributed by atoms with Crippen LogP contribution in [0.15, 0.2) is 0 Å². The van der Waals surface area contributed by atoms with Crippen molar-refractivity contribution in [3.8, 4) is 0 Å². The Morgan fingerprint density at radius 3 is 2.40 bits per heavy atom. The summed E-state index contributed by atoms with van der Waals surface area (Å²) in [6.45, 7) is 6.72. The van der Waals surface area contributed by atoms with Crippen molar-refractivity contribution >= 4 is 5.91 Å². The minimum atomic E-state index is -0.230. The molecule has 0 spiro atoms. The van der Waals surface area contributed by atoms with E-state index in [9.17, 15) is 9.90 Å². The average Bonchev–Trinajstić information content (AvgIpc) is 2.37. The Labute approximate surface area is 123 Å². The largest absolute Gasteiger partial charge is 0.392 e. The van der Waals surface area contributed by atoms with E-state index in [2.05, 4.69) is 16.8 Å². The molecule has 1 rings (SSSR count). The second-order valence-electron chi connectivity index (χ2n) is 6.39. The van der Waals surface area contributed by atoms with Gasteiger partial charge in [-0.1, -0.05) is 0 Å². The normalized spacial score (nSPS) is 19.3. The van der Waals surface area contributed by atoms with Gasteiger partial charge in [0.1, 0.15) is 0 Å². The minimum absolute atomic E-state index is 0.198. The molecule has 0 saturated carbocycles. The van der Waals surface area contributed by atoms with Gasteiger partial charge in [0.15, 0.2) is 0 Å². The molecular weight excluding hydrogens is 254 g/mol. The zero-order chi connectivity index (χ0) is 15.1. The molecule has 20 heavy (non-hydrogen) atoms. The molecule has 0 radical (unpaired) electrons. The summed E-state index contributed by atoms with van der Waals surface area (Å²) in [7, 11) is 5.71. The third-order valence-electron chi connectivity index (χ3n) is 4.01. The van der Waals surface area contributed by atoms with Crippen molar-refractivity contribution in [1.82, 2.24) is 14.7 Å². The third kappa shape index (κ3) is 6.68. The van der Waals surface area contributed by atoms with Gasteiger partial charge in [-0.15, -0.1) is 0 Å². The highest BCUT2D eigenvalue weighted by atomic mass is 16.3. The van der Waals surface area contributed by atoms with E-state index in [4.69, 9.17) is 0 Å². The summed E-state index contributed by atoms with van der Waals surface area (Å²) in [6.07, 6.45) is 2.76. The van der Waals surface area contributed by atoms with Crippen molar-refractivity contribution in [2.75, 3.05) is 53.9 Å². The summed E-state index contributed by atoms with van der Waals surface area (Å²) in [5.74, 6) is 0.920. The van der Waals surface area contributed by atoms with Crippen LogP contribution in [0.25, 0.3) is 0 Å². The van der Waals surface area contributed by atoms with Crippen LogP contribution in [0, 0.1) is 5.92 Å². The lowest BCUT2D eigenvalue weighted by Crippen LogP contribution is -2.41. The Hall–Kier alpha value is -0.650. The van der Waals surface area contributed by atoms with E-state index in [1.54, 1.807) is 19.0 Å². The lowest BCUT2D eigenvalue weighted by atomic mass is 9.96. The van der Waals surface area contributed by atoms with Gasteiger partial charge in [-0.05, 0) is 45.8 Å². The van der Waals surface area contributed by atoms with E-state index in [0.29, 0.717) is 6.42 Å². The number of β-amino-alcohol motifs (C(OH)–C–C–N with tert-alkyl or cyclic N) is 1. The number of likely N-dealkylation sites (tertiary alicyclic amines) is 1. The molecule has 1 heterocycles. The van der Waals surface area contributed by atoms with E-state index in [-0.39, 0.29) is 12.0 Å². The summed E-state index contributed by atoms with van der Waals surface area (Å²) < 4.78 is 0. The smallest absolute Gasteiger partial charge is 0.223 e. The van der Waals surface area contributed by atoms with Gasteiger partial charge in [0.2, 0.25) is 5.91 Å². The standard InChI is InChI=1S/C15H31N3O2/c1-13(19)11-18-9-5-14(6-10-18)12-17(4)8-7-15(20)16(2)3/h13-14,19H,5-12H2,1-4H3/t13-/m0/s1. The average molecular weight is 285 g/mol. The predicted octanol–water partition coefficient (Wildman–Crippen LogP) is 0.489. The van der Waals surface area contributed by atoms with Crippen LogP contribution in [0.2, 0.25) is 0 Å². The van der Waals surface area contributed by atoms with Gasteiger partial charge >= 0.3 is 0 Å². The molecule has 118 valence electrons. The quantitative estimate of drug-likeness (QED) is 0.739. The summed E-state index contributed by atoms with van der Waals surface area (Å²) in [5, 5.41) is 9.40. The summed E-state index contributed by atoms with van der Waals surface area (Å²) in [5.41, 5.74) is 0. The molecule has 1 fully saturated rings. The first-order chi connectivity index (χ1) is 9.38. The molecule has 1 saturated heterocycles. The molecule has 0 aromatic rings. The number of hydrogen-bond donors (Lipinski definition) is 1. The van der Waals surface area contributed by atoms with Crippen LogP contribution in [0.3, 0.4) is 0 Å².